The fraction of sp³-hybridized carbons (Fsp3) is 0.308. The number of carbonyl (C=O) groups is 2. The second-order valence-electron chi connectivity index (χ2n) is 4.86. The van der Waals surface area contributed by atoms with Crippen LogP contribution in [-0.2, 0) is 4.74 Å². The van der Waals surface area contributed by atoms with E-state index in [4.69, 9.17) is 4.74 Å². The average molecular weight is 284 g/mol. The van der Waals surface area contributed by atoms with E-state index < -0.39 is 29.1 Å². The molecule has 0 spiro atoms. The maximum Gasteiger partial charge on any atom is 0.428 e. The maximum absolute atomic E-state index is 13.3. The van der Waals surface area contributed by atoms with Crippen molar-refractivity contribution in [2.75, 3.05) is 0 Å². The van der Waals surface area contributed by atoms with E-state index in [0.29, 0.717) is 12.3 Å². The summed E-state index contributed by atoms with van der Waals surface area (Å²) in [6, 6.07) is 2.53. The van der Waals surface area contributed by atoms with Crippen molar-refractivity contribution in [2.45, 2.75) is 26.4 Å². The predicted molar refractivity (Wildman–Crippen MR) is 68.6 cm³/mol. The molecule has 0 unspecified atom stereocenters. The standard InChI is InChI=1S/C13H14F2N2O3/c1-13(2,3)20-12(19)17-16-7-11(18)9-5-4-8(14)6-10(9)15/h4-7H,1-3H3,(H,17,19). The van der Waals surface area contributed by atoms with Gasteiger partial charge in [0.1, 0.15) is 17.2 Å². The summed E-state index contributed by atoms with van der Waals surface area (Å²) < 4.78 is 30.8. The number of ketones is 1. The lowest BCUT2D eigenvalue weighted by Crippen LogP contribution is -2.30. The van der Waals surface area contributed by atoms with Crippen LogP contribution in [0.1, 0.15) is 31.1 Å². The summed E-state index contributed by atoms with van der Waals surface area (Å²) in [4.78, 5) is 22.7. The van der Waals surface area contributed by atoms with Crippen molar-refractivity contribution >= 4 is 18.1 Å². The summed E-state index contributed by atoms with van der Waals surface area (Å²) in [6.45, 7) is 4.99. The van der Waals surface area contributed by atoms with Crippen molar-refractivity contribution in [2.24, 2.45) is 5.10 Å². The number of nitrogens with zero attached hydrogens (tertiary/aromatic N) is 1. The molecule has 0 radical (unpaired) electrons. The molecule has 20 heavy (non-hydrogen) atoms. The highest BCUT2D eigenvalue weighted by Gasteiger charge is 2.15. The largest absolute Gasteiger partial charge is 0.443 e. The molecule has 5 nitrogen and oxygen atoms in total. The van der Waals surface area contributed by atoms with Crippen LogP contribution in [0.3, 0.4) is 0 Å². The molecule has 0 aliphatic heterocycles. The van der Waals surface area contributed by atoms with Gasteiger partial charge in [0.15, 0.2) is 0 Å². The average Bonchev–Trinajstić information content (AvgIpc) is 2.25. The Morgan fingerprint density at radius 3 is 2.50 bits per heavy atom. The molecular formula is C13H14F2N2O3. The highest BCUT2D eigenvalue weighted by Crippen LogP contribution is 2.09. The first kappa shape index (κ1) is 15.7. The molecule has 0 aliphatic carbocycles. The summed E-state index contributed by atoms with van der Waals surface area (Å²) in [5.41, 5.74) is 0.914. The Bertz CT molecular complexity index is 551. The fourth-order valence-corrected chi connectivity index (χ4v) is 1.20. The van der Waals surface area contributed by atoms with E-state index in [0.717, 1.165) is 12.1 Å². The van der Waals surface area contributed by atoms with Crippen LogP contribution in [0, 0.1) is 11.6 Å². The zero-order chi connectivity index (χ0) is 15.3. The molecule has 1 amide bonds. The molecule has 0 aromatic heterocycles. The topological polar surface area (TPSA) is 67.8 Å². The van der Waals surface area contributed by atoms with Gasteiger partial charge in [0.05, 0.1) is 11.8 Å². The van der Waals surface area contributed by atoms with E-state index >= 15 is 0 Å². The van der Waals surface area contributed by atoms with Gasteiger partial charge in [0.25, 0.3) is 0 Å². The van der Waals surface area contributed by atoms with Gasteiger partial charge in [0, 0.05) is 6.07 Å². The lowest BCUT2D eigenvalue weighted by Gasteiger charge is -2.18. The van der Waals surface area contributed by atoms with E-state index in [1.165, 1.54) is 0 Å². The molecule has 0 atom stereocenters. The van der Waals surface area contributed by atoms with E-state index in [1.807, 2.05) is 5.43 Å². The van der Waals surface area contributed by atoms with E-state index in [1.54, 1.807) is 20.8 Å². The number of halogens is 2. The Morgan fingerprint density at radius 1 is 1.30 bits per heavy atom. The van der Waals surface area contributed by atoms with Crippen LogP contribution in [0.25, 0.3) is 0 Å². The number of rotatable bonds is 3. The van der Waals surface area contributed by atoms with E-state index in [9.17, 15) is 18.4 Å². The molecule has 1 aromatic rings. The van der Waals surface area contributed by atoms with Crippen molar-refractivity contribution in [3.05, 3.63) is 35.4 Å². The number of Topliss-reactive ketones (excluding diaryl/α,β-unsaturated/α-hetero) is 1. The lowest BCUT2D eigenvalue weighted by atomic mass is 10.1. The highest BCUT2D eigenvalue weighted by atomic mass is 19.1. The van der Waals surface area contributed by atoms with Crippen molar-refractivity contribution in [3.63, 3.8) is 0 Å². The van der Waals surface area contributed by atoms with Gasteiger partial charge in [-0.3, -0.25) is 4.79 Å². The molecule has 1 rings (SSSR count). The number of ether oxygens (including phenoxy) is 1. The van der Waals surface area contributed by atoms with Crippen LogP contribution >= 0.6 is 0 Å². The van der Waals surface area contributed by atoms with E-state index in [-0.39, 0.29) is 5.56 Å². The molecule has 0 saturated carbocycles. The Hall–Kier alpha value is -2.31. The van der Waals surface area contributed by atoms with Gasteiger partial charge in [0.2, 0.25) is 5.78 Å². The van der Waals surface area contributed by atoms with Crippen molar-refractivity contribution in [1.82, 2.24) is 5.43 Å². The van der Waals surface area contributed by atoms with Crippen molar-refractivity contribution in [3.8, 4) is 0 Å². The normalized spacial score (nSPS) is 11.4. The van der Waals surface area contributed by atoms with Crippen molar-refractivity contribution < 1.29 is 23.1 Å². The first-order chi connectivity index (χ1) is 9.19. The number of hydrogen-bond donors (Lipinski definition) is 1. The summed E-state index contributed by atoms with van der Waals surface area (Å²) in [5, 5.41) is 3.34. The first-order valence-electron chi connectivity index (χ1n) is 5.70. The Labute approximate surface area is 114 Å². The monoisotopic (exact) mass is 284 g/mol. The Balaban J connectivity index is 2.62. The van der Waals surface area contributed by atoms with Crippen molar-refractivity contribution in [1.29, 1.82) is 0 Å². The van der Waals surface area contributed by atoms with Crippen LogP contribution in [0.5, 0.6) is 0 Å². The zero-order valence-corrected chi connectivity index (χ0v) is 11.2. The third-order valence-electron chi connectivity index (χ3n) is 1.93. The Kier molecular flexibility index (Phi) is 4.90. The first-order valence-corrected chi connectivity index (χ1v) is 5.70. The molecule has 0 saturated heterocycles. The van der Waals surface area contributed by atoms with Gasteiger partial charge in [-0.25, -0.2) is 19.0 Å². The molecule has 0 bridgehead atoms. The molecule has 7 heteroatoms. The smallest absolute Gasteiger partial charge is 0.428 e. The summed E-state index contributed by atoms with van der Waals surface area (Å²) in [5.74, 6) is -2.60. The van der Waals surface area contributed by atoms with Gasteiger partial charge in [-0.2, -0.15) is 5.10 Å². The Morgan fingerprint density at radius 2 is 1.95 bits per heavy atom. The molecule has 0 heterocycles. The van der Waals surface area contributed by atoms with Crippen LogP contribution < -0.4 is 5.43 Å². The van der Waals surface area contributed by atoms with Gasteiger partial charge in [-0.1, -0.05) is 0 Å². The molecular weight excluding hydrogens is 270 g/mol. The van der Waals surface area contributed by atoms with Crippen LogP contribution in [0.4, 0.5) is 13.6 Å². The molecule has 0 aliphatic rings. The fourth-order valence-electron chi connectivity index (χ4n) is 1.20. The lowest BCUT2D eigenvalue weighted by molar-refractivity contribution is 0.0530. The maximum atomic E-state index is 13.3. The third-order valence-corrected chi connectivity index (χ3v) is 1.93. The van der Waals surface area contributed by atoms with Crippen LogP contribution in [0.15, 0.2) is 23.3 Å². The summed E-state index contributed by atoms with van der Waals surface area (Å²) >= 11 is 0. The minimum Gasteiger partial charge on any atom is -0.443 e. The predicted octanol–water partition coefficient (Wildman–Crippen LogP) is 2.66. The quantitative estimate of drug-likeness (QED) is 0.527. The summed E-state index contributed by atoms with van der Waals surface area (Å²) in [7, 11) is 0. The van der Waals surface area contributed by atoms with E-state index in [2.05, 4.69) is 5.10 Å². The van der Waals surface area contributed by atoms with Gasteiger partial charge in [-0.15, -0.1) is 0 Å². The zero-order valence-electron chi connectivity index (χ0n) is 11.2. The molecule has 1 N–H and O–H groups in total. The second kappa shape index (κ2) is 6.23. The van der Waals surface area contributed by atoms with Gasteiger partial charge < -0.3 is 4.74 Å². The number of hydrazone groups is 1. The SMILES string of the molecule is CC(C)(C)OC(=O)NN=CC(=O)c1ccc(F)cc1F. The molecule has 108 valence electrons. The number of carbonyl (C=O) groups excluding carboxylic acids is 2. The number of hydrogen-bond acceptors (Lipinski definition) is 4. The minimum absolute atomic E-state index is 0.346. The molecule has 0 fully saturated rings. The number of amides is 1. The summed E-state index contributed by atoms with van der Waals surface area (Å²) in [6.07, 6.45) is -0.138. The third kappa shape index (κ3) is 5.13. The van der Waals surface area contributed by atoms with Gasteiger partial charge >= 0.3 is 6.09 Å². The second-order valence-corrected chi connectivity index (χ2v) is 4.86. The molecule has 1 aromatic carbocycles. The van der Waals surface area contributed by atoms with Crippen LogP contribution in [-0.4, -0.2) is 23.7 Å². The minimum atomic E-state index is -1.00. The number of nitrogens with one attached hydrogen (secondary N) is 1. The van der Waals surface area contributed by atoms with Gasteiger partial charge in [-0.05, 0) is 32.9 Å². The highest BCUT2D eigenvalue weighted by molar-refractivity contribution is 6.35. The van der Waals surface area contributed by atoms with Crippen LogP contribution in [0.2, 0.25) is 0 Å². The number of benzene rings is 1.